The molecule has 0 aliphatic heterocycles. The van der Waals surface area contributed by atoms with Crippen molar-refractivity contribution >= 4 is 33.1 Å². The fourth-order valence-corrected chi connectivity index (χ4v) is 4.90. The van der Waals surface area contributed by atoms with Gasteiger partial charge in [-0.05, 0) is 37.5 Å². The Morgan fingerprint density at radius 3 is 2.53 bits per heavy atom. The van der Waals surface area contributed by atoms with Crippen molar-refractivity contribution in [3.63, 3.8) is 0 Å². The maximum absolute atomic E-state index is 13.2. The molecule has 1 amide bonds. The molecular weight excluding hydrogens is 450 g/mol. The number of carbonyl (C=O) groups is 1. The van der Waals surface area contributed by atoms with E-state index in [1.807, 2.05) is 69.3 Å². The van der Waals surface area contributed by atoms with Crippen molar-refractivity contribution < 1.29 is 9.32 Å². The predicted octanol–water partition coefficient (Wildman–Crippen LogP) is 4.74. The van der Waals surface area contributed by atoms with Gasteiger partial charge in [0, 0.05) is 11.3 Å². The summed E-state index contributed by atoms with van der Waals surface area (Å²) in [5.74, 6) is 0.511. The Kier molecular flexibility index (Phi) is 5.54. The SMILES string of the molecule is Cc1cccc(C)c1NC(=O)Cn1cnc2sc(-c3nc(-c4ccccc4)no3)c(C)c2c1=O. The summed E-state index contributed by atoms with van der Waals surface area (Å²) in [6.07, 6.45) is 1.40. The highest BCUT2D eigenvalue weighted by Crippen LogP contribution is 2.35. The molecule has 0 unspecified atom stereocenters. The van der Waals surface area contributed by atoms with Crippen LogP contribution in [0.5, 0.6) is 0 Å². The summed E-state index contributed by atoms with van der Waals surface area (Å²) in [6.45, 7) is 5.54. The number of thiophene rings is 1. The molecule has 3 aromatic heterocycles. The number of aryl methyl sites for hydroxylation is 3. The number of aromatic nitrogens is 4. The number of benzene rings is 2. The van der Waals surface area contributed by atoms with Gasteiger partial charge in [0.15, 0.2) is 0 Å². The van der Waals surface area contributed by atoms with Gasteiger partial charge >= 0.3 is 0 Å². The lowest BCUT2D eigenvalue weighted by molar-refractivity contribution is -0.116. The van der Waals surface area contributed by atoms with Gasteiger partial charge in [-0.1, -0.05) is 53.7 Å². The standard InChI is InChI=1S/C25H21N5O3S/c1-14-8-7-9-15(2)20(14)27-18(31)12-30-13-26-24-19(25(30)32)16(3)21(34-24)23-28-22(29-33-23)17-10-5-4-6-11-17/h4-11,13H,12H2,1-3H3,(H,27,31). The largest absolute Gasteiger partial charge is 0.333 e. The Morgan fingerprint density at radius 1 is 1.06 bits per heavy atom. The van der Waals surface area contributed by atoms with Crippen LogP contribution in [0.3, 0.4) is 0 Å². The molecule has 0 aliphatic carbocycles. The van der Waals surface area contributed by atoms with Gasteiger partial charge in [-0.2, -0.15) is 4.98 Å². The zero-order chi connectivity index (χ0) is 23.8. The van der Waals surface area contributed by atoms with Gasteiger partial charge < -0.3 is 9.84 Å². The molecule has 8 nitrogen and oxygen atoms in total. The molecule has 5 rings (SSSR count). The highest BCUT2D eigenvalue weighted by Gasteiger charge is 2.21. The number of fused-ring (bicyclic) bond motifs is 1. The monoisotopic (exact) mass is 471 g/mol. The summed E-state index contributed by atoms with van der Waals surface area (Å²) in [5.41, 5.74) is 3.93. The molecule has 0 spiro atoms. The molecule has 0 saturated carbocycles. The van der Waals surface area contributed by atoms with Crippen molar-refractivity contribution in [2.45, 2.75) is 27.3 Å². The molecule has 0 fully saturated rings. The average molecular weight is 472 g/mol. The number of rotatable bonds is 5. The fourth-order valence-electron chi connectivity index (χ4n) is 3.84. The Hall–Kier alpha value is -4.11. The Morgan fingerprint density at radius 2 is 1.79 bits per heavy atom. The quantitative estimate of drug-likeness (QED) is 0.397. The normalized spacial score (nSPS) is 11.1. The molecule has 5 aromatic rings. The summed E-state index contributed by atoms with van der Waals surface area (Å²) < 4.78 is 6.80. The molecule has 0 atom stereocenters. The Balaban J connectivity index is 1.45. The van der Waals surface area contributed by atoms with Gasteiger partial charge in [-0.3, -0.25) is 14.2 Å². The van der Waals surface area contributed by atoms with Crippen LogP contribution in [-0.2, 0) is 11.3 Å². The molecule has 170 valence electrons. The molecule has 9 heteroatoms. The van der Waals surface area contributed by atoms with Gasteiger partial charge in [0.05, 0.1) is 16.6 Å². The maximum atomic E-state index is 13.2. The Bertz CT molecular complexity index is 1560. The zero-order valence-corrected chi connectivity index (χ0v) is 19.6. The van der Waals surface area contributed by atoms with E-state index in [2.05, 4.69) is 20.4 Å². The van der Waals surface area contributed by atoms with Crippen LogP contribution in [0.1, 0.15) is 16.7 Å². The minimum atomic E-state index is -0.293. The van der Waals surface area contributed by atoms with E-state index in [-0.39, 0.29) is 18.0 Å². The van der Waals surface area contributed by atoms with Crippen LogP contribution in [0.15, 0.2) is 64.2 Å². The number of hydrogen-bond donors (Lipinski definition) is 1. The van der Waals surface area contributed by atoms with Crippen LogP contribution in [-0.4, -0.2) is 25.6 Å². The first-order chi connectivity index (χ1) is 16.4. The second-order valence-corrected chi connectivity index (χ2v) is 9.02. The topological polar surface area (TPSA) is 103 Å². The molecule has 0 saturated heterocycles. The average Bonchev–Trinajstić information content (AvgIpc) is 3.44. The van der Waals surface area contributed by atoms with Crippen molar-refractivity contribution in [2.75, 3.05) is 5.32 Å². The van der Waals surface area contributed by atoms with Crippen LogP contribution in [0, 0.1) is 20.8 Å². The van der Waals surface area contributed by atoms with E-state index in [1.54, 1.807) is 0 Å². The second-order valence-electron chi connectivity index (χ2n) is 8.02. The number of nitrogens with one attached hydrogen (secondary N) is 1. The molecule has 0 bridgehead atoms. The van der Waals surface area contributed by atoms with Gasteiger partial charge in [-0.25, -0.2) is 4.98 Å². The molecular formula is C25H21N5O3S. The lowest BCUT2D eigenvalue weighted by atomic mass is 10.1. The van der Waals surface area contributed by atoms with Crippen LogP contribution < -0.4 is 10.9 Å². The van der Waals surface area contributed by atoms with E-state index in [0.29, 0.717) is 32.4 Å². The van der Waals surface area contributed by atoms with Crippen LogP contribution in [0.4, 0.5) is 5.69 Å². The summed E-state index contributed by atoms with van der Waals surface area (Å²) >= 11 is 1.31. The first-order valence-electron chi connectivity index (χ1n) is 10.7. The van der Waals surface area contributed by atoms with E-state index in [0.717, 1.165) is 22.4 Å². The summed E-state index contributed by atoms with van der Waals surface area (Å²) in [7, 11) is 0. The summed E-state index contributed by atoms with van der Waals surface area (Å²) in [4.78, 5) is 36.1. The third-order valence-electron chi connectivity index (χ3n) is 5.63. The van der Waals surface area contributed by atoms with Crippen molar-refractivity contribution in [1.82, 2.24) is 19.7 Å². The first kappa shape index (κ1) is 21.7. The third-order valence-corrected chi connectivity index (χ3v) is 6.82. The van der Waals surface area contributed by atoms with E-state index in [4.69, 9.17) is 4.52 Å². The third kappa shape index (κ3) is 3.90. The van der Waals surface area contributed by atoms with E-state index in [9.17, 15) is 9.59 Å². The van der Waals surface area contributed by atoms with Gasteiger partial charge in [-0.15, -0.1) is 11.3 Å². The molecule has 0 aliphatic rings. The van der Waals surface area contributed by atoms with Crippen LogP contribution in [0.25, 0.3) is 32.4 Å². The Labute approximate surface area is 198 Å². The minimum absolute atomic E-state index is 0.140. The van der Waals surface area contributed by atoms with E-state index >= 15 is 0 Å². The van der Waals surface area contributed by atoms with Gasteiger partial charge in [0.2, 0.25) is 11.7 Å². The summed E-state index contributed by atoms with van der Waals surface area (Å²) in [5, 5.41) is 7.43. The lowest BCUT2D eigenvalue weighted by Crippen LogP contribution is -2.28. The molecule has 2 aromatic carbocycles. The first-order valence-corrected chi connectivity index (χ1v) is 11.5. The molecule has 34 heavy (non-hydrogen) atoms. The van der Waals surface area contributed by atoms with Crippen molar-refractivity contribution in [3.8, 4) is 22.2 Å². The number of amides is 1. The van der Waals surface area contributed by atoms with E-state index < -0.39 is 0 Å². The maximum Gasteiger partial charge on any atom is 0.268 e. The molecule has 1 N–H and O–H groups in total. The molecule has 3 heterocycles. The van der Waals surface area contributed by atoms with Crippen molar-refractivity contribution in [2.24, 2.45) is 0 Å². The number of nitrogens with zero attached hydrogens (tertiary/aromatic N) is 4. The fraction of sp³-hybridized carbons (Fsp3) is 0.160. The van der Waals surface area contributed by atoms with Crippen LogP contribution >= 0.6 is 11.3 Å². The summed E-state index contributed by atoms with van der Waals surface area (Å²) in [6, 6.07) is 15.3. The van der Waals surface area contributed by atoms with Gasteiger partial charge in [0.1, 0.15) is 11.4 Å². The smallest absolute Gasteiger partial charge is 0.268 e. The van der Waals surface area contributed by atoms with Gasteiger partial charge in [0.25, 0.3) is 11.4 Å². The number of anilines is 1. The highest BCUT2D eigenvalue weighted by atomic mass is 32.1. The number of hydrogen-bond acceptors (Lipinski definition) is 7. The predicted molar refractivity (Wildman–Crippen MR) is 132 cm³/mol. The highest BCUT2D eigenvalue weighted by molar-refractivity contribution is 7.22. The van der Waals surface area contributed by atoms with Crippen molar-refractivity contribution in [3.05, 3.63) is 81.9 Å². The van der Waals surface area contributed by atoms with Crippen LogP contribution in [0.2, 0.25) is 0 Å². The molecule has 0 radical (unpaired) electrons. The van der Waals surface area contributed by atoms with Crippen molar-refractivity contribution in [1.29, 1.82) is 0 Å². The number of carbonyl (C=O) groups excluding carboxylic acids is 1. The number of para-hydroxylation sites is 1. The minimum Gasteiger partial charge on any atom is -0.333 e. The second kappa shape index (κ2) is 8.68. The zero-order valence-electron chi connectivity index (χ0n) is 18.8. The van der Waals surface area contributed by atoms with E-state index in [1.165, 1.54) is 22.2 Å². The lowest BCUT2D eigenvalue weighted by Gasteiger charge is -2.12.